The lowest BCUT2D eigenvalue weighted by atomic mass is 9.96. The molecule has 2 atom stereocenters. The summed E-state index contributed by atoms with van der Waals surface area (Å²) in [6.07, 6.45) is 0.911. The van der Waals surface area contributed by atoms with Crippen molar-refractivity contribution in [2.24, 2.45) is 0 Å². The van der Waals surface area contributed by atoms with Gasteiger partial charge in [0.15, 0.2) is 0 Å². The van der Waals surface area contributed by atoms with Crippen molar-refractivity contribution in [3.05, 3.63) is 35.5 Å². The van der Waals surface area contributed by atoms with Gasteiger partial charge < -0.3 is 14.6 Å². The lowest BCUT2D eigenvalue weighted by Gasteiger charge is -2.28. The Morgan fingerprint density at radius 2 is 2.24 bits per heavy atom. The van der Waals surface area contributed by atoms with Gasteiger partial charge in [0.2, 0.25) is 11.7 Å². The fourth-order valence-corrected chi connectivity index (χ4v) is 2.61. The summed E-state index contributed by atoms with van der Waals surface area (Å²) in [6, 6.07) is 5.06. The number of benzene rings is 1. The third-order valence-corrected chi connectivity index (χ3v) is 3.90. The van der Waals surface area contributed by atoms with Gasteiger partial charge in [-0.25, -0.2) is 4.39 Å². The summed E-state index contributed by atoms with van der Waals surface area (Å²) in [5.74, 6) is 0.851. The number of likely N-dealkylation sites (N-methyl/N-ethyl adjacent to an activating group) is 1. The number of ether oxygens (including phenoxy) is 1. The van der Waals surface area contributed by atoms with Crippen LogP contribution in [0.5, 0.6) is 0 Å². The molecule has 1 N–H and O–H groups in total. The minimum atomic E-state index is -0.238. The first-order chi connectivity index (χ1) is 10.2. The second-order valence-electron chi connectivity index (χ2n) is 5.29. The molecular formula is C15H18FN3O2. The Balaban J connectivity index is 1.86. The highest BCUT2D eigenvalue weighted by Crippen LogP contribution is 2.27. The van der Waals surface area contributed by atoms with E-state index in [1.165, 1.54) is 6.07 Å². The first kappa shape index (κ1) is 14.2. The fraction of sp³-hybridized carbons (Fsp3) is 0.467. The number of nitrogens with zero attached hydrogens (tertiary/aromatic N) is 2. The summed E-state index contributed by atoms with van der Waals surface area (Å²) >= 11 is 0. The summed E-state index contributed by atoms with van der Waals surface area (Å²) in [6.45, 7) is 3.02. The number of halogens is 1. The van der Waals surface area contributed by atoms with E-state index >= 15 is 0 Å². The number of hydrogen-bond acceptors (Lipinski definition) is 5. The zero-order chi connectivity index (χ0) is 14.8. The Labute approximate surface area is 122 Å². The topological polar surface area (TPSA) is 60.2 Å². The summed E-state index contributed by atoms with van der Waals surface area (Å²) in [5, 5.41) is 7.27. The zero-order valence-electron chi connectivity index (χ0n) is 12.1. The Hall–Kier alpha value is -1.79. The average Bonchev–Trinajstić information content (AvgIpc) is 2.99. The third kappa shape index (κ3) is 2.82. The molecule has 3 rings (SSSR count). The van der Waals surface area contributed by atoms with Crippen LogP contribution in [0.3, 0.4) is 0 Å². The Bertz CT molecular complexity index is 629. The molecule has 1 aliphatic heterocycles. The van der Waals surface area contributed by atoms with Gasteiger partial charge in [-0.3, -0.25) is 0 Å². The van der Waals surface area contributed by atoms with Crippen LogP contribution in [0.15, 0.2) is 22.7 Å². The first-order valence-corrected chi connectivity index (χ1v) is 7.04. The highest BCUT2D eigenvalue weighted by molar-refractivity contribution is 5.55. The van der Waals surface area contributed by atoms with Gasteiger partial charge >= 0.3 is 0 Å². The molecule has 0 aliphatic carbocycles. The van der Waals surface area contributed by atoms with Crippen molar-refractivity contribution < 1.29 is 13.7 Å². The van der Waals surface area contributed by atoms with E-state index in [1.54, 1.807) is 19.1 Å². The molecule has 21 heavy (non-hydrogen) atoms. The van der Waals surface area contributed by atoms with Crippen LogP contribution in [0, 0.1) is 12.7 Å². The smallest absolute Gasteiger partial charge is 0.233 e. The van der Waals surface area contributed by atoms with E-state index in [1.807, 2.05) is 7.05 Å². The molecule has 1 aliphatic rings. The van der Waals surface area contributed by atoms with Crippen LogP contribution in [0.1, 0.15) is 23.8 Å². The highest BCUT2D eigenvalue weighted by atomic mass is 19.1. The van der Waals surface area contributed by atoms with Gasteiger partial charge in [-0.05, 0) is 44.2 Å². The molecule has 6 heteroatoms. The number of rotatable bonds is 3. The number of nitrogens with one attached hydrogen (secondary N) is 1. The molecule has 0 amide bonds. The van der Waals surface area contributed by atoms with Crippen LogP contribution in [0.25, 0.3) is 11.4 Å². The normalized spacial score (nSPS) is 22.4. The Morgan fingerprint density at radius 3 is 3.00 bits per heavy atom. The van der Waals surface area contributed by atoms with Gasteiger partial charge in [-0.1, -0.05) is 5.16 Å². The Kier molecular flexibility index (Phi) is 3.98. The van der Waals surface area contributed by atoms with Gasteiger partial charge in [0.25, 0.3) is 0 Å². The zero-order valence-corrected chi connectivity index (χ0v) is 12.1. The summed E-state index contributed by atoms with van der Waals surface area (Å²) in [4.78, 5) is 4.45. The molecule has 2 unspecified atom stereocenters. The maximum absolute atomic E-state index is 13.3. The molecule has 2 heterocycles. The largest absolute Gasteiger partial charge is 0.381 e. The van der Waals surface area contributed by atoms with Crippen molar-refractivity contribution in [2.75, 3.05) is 20.3 Å². The van der Waals surface area contributed by atoms with E-state index in [2.05, 4.69) is 15.5 Å². The van der Waals surface area contributed by atoms with Gasteiger partial charge in [-0.2, -0.15) is 4.98 Å². The molecule has 2 aromatic rings. The average molecular weight is 291 g/mol. The molecule has 5 nitrogen and oxygen atoms in total. The second kappa shape index (κ2) is 5.91. The summed E-state index contributed by atoms with van der Waals surface area (Å²) in [5.41, 5.74) is 1.31. The van der Waals surface area contributed by atoms with E-state index in [0.29, 0.717) is 23.9 Å². The highest BCUT2D eigenvalue weighted by Gasteiger charge is 2.30. The lowest BCUT2D eigenvalue weighted by Crippen LogP contribution is -2.39. The van der Waals surface area contributed by atoms with Crippen molar-refractivity contribution >= 4 is 0 Å². The molecule has 112 valence electrons. The van der Waals surface area contributed by atoms with Crippen molar-refractivity contribution in [1.82, 2.24) is 15.5 Å². The number of hydrogen-bond donors (Lipinski definition) is 1. The van der Waals surface area contributed by atoms with Crippen LogP contribution >= 0.6 is 0 Å². The number of aryl methyl sites for hydroxylation is 1. The first-order valence-electron chi connectivity index (χ1n) is 7.04. The molecule has 0 spiro atoms. The van der Waals surface area contributed by atoms with Crippen LogP contribution < -0.4 is 5.32 Å². The van der Waals surface area contributed by atoms with Gasteiger partial charge in [0.05, 0.1) is 12.5 Å². The predicted molar refractivity (Wildman–Crippen MR) is 75.5 cm³/mol. The van der Waals surface area contributed by atoms with E-state index in [-0.39, 0.29) is 17.8 Å². The third-order valence-electron chi connectivity index (χ3n) is 3.90. The molecule has 0 radical (unpaired) electrons. The van der Waals surface area contributed by atoms with Crippen molar-refractivity contribution in [3.8, 4) is 11.4 Å². The van der Waals surface area contributed by atoms with Crippen molar-refractivity contribution in [3.63, 3.8) is 0 Å². The van der Waals surface area contributed by atoms with Crippen LogP contribution in [0.2, 0.25) is 0 Å². The van der Waals surface area contributed by atoms with Gasteiger partial charge in [0, 0.05) is 18.2 Å². The maximum atomic E-state index is 13.3. The van der Waals surface area contributed by atoms with E-state index in [4.69, 9.17) is 9.26 Å². The SMILES string of the molecule is CNC1CCOCC1c1nc(-c2ccc(F)c(C)c2)no1. The van der Waals surface area contributed by atoms with Crippen LogP contribution in [-0.2, 0) is 4.74 Å². The minimum Gasteiger partial charge on any atom is -0.381 e. The molecule has 1 aromatic heterocycles. The van der Waals surface area contributed by atoms with E-state index in [0.717, 1.165) is 18.6 Å². The lowest BCUT2D eigenvalue weighted by molar-refractivity contribution is 0.0516. The van der Waals surface area contributed by atoms with E-state index < -0.39 is 0 Å². The van der Waals surface area contributed by atoms with Crippen molar-refractivity contribution in [2.45, 2.75) is 25.3 Å². The molecule has 1 aromatic carbocycles. The Morgan fingerprint density at radius 1 is 1.38 bits per heavy atom. The quantitative estimate of drug-likeness (QED) is 0.940. The van der Waals surface area contributed by atoms with E-state index in [9.17, 15) is 4.39 Å². The van der Waals surface area contributed by atoms with Crippen molar-refractivity contribution in [1.29, 1.82) is 0 Å². The second-order valence-corrected chi connectivity index (χ2v) is 5.29. The minimum absolute atomic E-state index is 0.0477. The standard InChI is InChI=1S/C15H18FN3O2/c1-9-7-10(3-4-12(9)16)14-18-15(21-19-14)11-8-20-6-5-13(11)17-2/h3-4,7,11,13,17H,5-6,8H2,1-2H3. The van der Waals surface area contributed by atoms with Crippen LogP contribution in [0.4, 0.5) is 4.39 Å². The molecule has 1 saturated heterocycles. The molecule has 1 fully saturated rings. The fourth-order valence-electron chi connectivity index (χ4n) is 2.61. The summed E-state index contributed by atoms with van der Waals surface area (Å²) in [7, 11) is 1.92. The van der Waals surface area contributed by atoms with Crippen LogP contribution in [-0.4, -0.2) is 36.4 Å². The predicted octanol–water partition coefficient (Wildman–Crippen LogP) is 2.28. The number of aromatic nitrogens is 2. The monoisotopic (exact) mass is 291 g/mol. The molecule has 0 saturated carbocycles. The van der Waals surface area contributed by atoms with Gasteiger partial charge in [-0.15, -0.1) is 0 Å². The maximum Gasteiger partial charge on any atom is 0.233 e. The molecular weight excluding hydrogens is 273 g/mol. The van der Waals surface area contributed by atoms with Gasteiger partial charge in [0.1, 0.15) is 5.82 Å². The molecule has 0 bridgehead atoms. The summed E-state index contributed by atoms with van der Waals surface area (Å²) < 4.78 is 24.2.